The molecule has 29 heavy (non-hydrogen) atoms. The SMILES string of the molecule is COCCN(C)CC[C@@H](NC(=O)C(=O)Nc1ccc(C)cc1Cl)c1ccccc1. The molecule has 156 valence electrons. The summed E-state index contributed by atoms with van der Waals surface area (Å²) in [5, 5.41) is 5.81. The summed E-state index contributed by atoms with van der Waals surface area (Å²) < 4.78 is 5.10. The van der Waals surface area contributed by atoms with Gasteiger partial charge in [-0.25, -0.2) is 0 Å². The van der Waals surface area contributed by atoms with E-state index in [4.69, 9.17) is 16.3 Å². The van der Waals surface area contributed by atoms with Crippen LogP contribution in [-0.2, 0) is 14.3 Å². The van der Waals surface area contributed by atoms with Crippen molar-refractivity contribution >= 4 is 29.1 Å². The Morgan fingerprint density at radius 1 is 1.10 bits per heavy atom. The molecular weight excluding hydrogens is 390 g/mol. The number of amides is 2. The van der Waals surface area contributed by atoms with E-state index >= 15 is 0 Å². The van der Waals surface area contributed by atoms with E-state index in [9.17, 15) is 9.59 Å². The van der Waals surface area contributed by atoms with Gasteiger partial charge in [0.05, 0.1) is 23.4 Å². The van der Waals surface area contributed by atoms with Crippen molar-refractivity contribution in [3.63, 3.8) is 0 Å². The second kappa shape index (κ2) is 11.6. The molecule has 0 spiro atoms. The second-order valence-corrected chi connectivity index (χ2v) is 7.37. The van der Waals surface area contributed by atoms with Crippen LogP contribution in [0.2, 0.25) is 5.02 Å². The van der Waals surface area contributed by atoms with Crippen LogP contribution in [0.1, 0.15) is 23.6 Å². The molecule has 2 amide bonds. The molecule has 2 aromatic rings. The van der Waals surface area contributed by atoms with Crippen LogP contribution in [0.25, 0.3) is 0 Å². The first-order chi connectivity index (χ1) is 13.9. The summed E-state index contributed by atoms with van der Waals surface area (Å²) in [5.41, 5.74) is 2.33. The summed E-state index contributed by atoms with van der Waals surface area (Å²) in [7, 11) is 3.66. The maximum atomic E-state index is 12.5. The van der Waals surface area contributed by atoms with Gasteiger partial charge in [-0.3, -0.25) is 9.59 Å². The molecule has 0 aliphatic rings. The maximum absolute atomic E-state index is 12.5. The molecule has 1 atom stereocenters. The molecule has 6 nitrogen and oxygen atoms in total. The maximum Gasteiger partial charge on any atom is 0.313 e. The van der Waals surface area contributed by atoms with Gasteiger partial charge in [-0.1, -0.05) is 48.0 Å². The number of anilines is 1. The van der Waals surface area contributed by atoms with E-state index in [2.05, 4.69) is 15.5 Å². The van der Waals surface area contributed by atoms with Crippen molar-refractivity contribution in [1.29, 1.82) is 0 Å². The van der Waals surface area contributed by atoms with Gasteiger partial charge in [-0.2, -0.15) is 0 Å². The molecule has 0 bridgehead atoms. The molecule has 0 aromatic heterocycles. The number of benzene rings is 2. The Hall–Kier alpha value is -2.41. The first-order valence-corrected chi connectivity index (χ1v) is 9.89. The van der Waals surface area contributed by atoms with Crippen LogP contribution >= 0.6 is 11.6 Å². The third-order valence-electron chi connectivity index (χ3n) is 4.56. The molecule has 0 unspecified atom stereocenters. The highest BCUT2D eigenvalue weighted by molar-refractivity contribution is 6.41. The number of halogens is 1. The Balaban J connectivity index is 2.02. The van der Waals surface area contributed by atoms with Crippen molar-refractivity contribution in [2.75, 3.05) is 39.2 Å². The van der Waals surface area contributed by atoms with E-state index in [1.807, 2.05) is 50.4 Å². The van der Waals surface area contributed by atoms with Crippen LogP contribution in [0.5, 0.6) is 0 Å². The Morgan fingerprint density at radius 2 is 1.83 bits per heavy atom. The number of hydrogen-bond donors (Lipinski definition) is 2. The predicted molar refractivity (Wildman–Crippen MR) is 116 cm³/mol. The molecule has 0 heterocycles. The standard InChI is InChI=1S/C22H28ClN3O3/c1-16-9-10-20(18(23)15-16)25-22(28)21(27)24-19(17-7-5-4-6-8-17)11-12-26(2)13-14-29-3/h4-10,15,19H,11-14H2,1-3H3,(H,24,27)(H,25,28)/t19-/m1/s1. The summed E-state index contributed by atoms with van der Waals surface area (Å²) in [6, 6.07) is 14.6. The zero-order chi connectivity index (χ0) is 21.2. The lowest BCUT2D eigenvalue weighted by Crippen LogP contribution is -2.39. The Morgan fingerprint density at radius 3 is 2.48 bits per heavy atom. The van der Waals surface area contributed by atoms with Crippen molar-refractivity contribution in [2.45, 2.75) is 19.4 Å². The first-order valence-electron chi connectivity index (χ1n) is 9.51. The number of methoxy groups -OCH3 is 1. The molecule has 0 aliphatic carbocycles. The minimum absolute atomic E-state index is 0.284. The van der Waals surface area contributed by atoms with Crippen LogP contribution in [-0.4, -0.2) is 50.6 Å². The average Bonchev–Trinajstić information content (AvgIpc) is 2.71. The van der Waals surface area contributed by atoms with E-state index in [1.165, 1.54) is 0 Å². The number of carbonyl (C=O) groups is 2. The van der Waals surface area contributed by atoms with Crippen LogP contribution in [0.15, 0.2) is 48.5 Å². The fourth-order valence-corrected chi connectivity index (χ4v) is 3.12. The Kier molecular flexibility index (Phi) is 9.12. The van der Waals surface area contributed by atoms with Gasteiger partial charge in [-0.05, 0) is 43.7 Å². The number of likely N-dealkylation sites (N-methyl/N-ethyl adjacent to an activating group) is 1. The smallest absolute Gasteiger partial charge is 0.313 e. The molecule has 0 fully saturated rings. The van der Waals surface area contributed by atoms with E-state index in [1.54, 1.807) is 19.2 Å². The van der Waals surface area contributed by atoms with Gasteiger partial charge in [0.15, 0.2) is 0 Å². The highest BCUT2D eigenvalue weighted by atomic mass is 35.5. The number of hydrogen-bond acceptors (Lipinski definition) is 4. The molecule has 0 radical (unpaired) electrons. The normalized spacial score (nSPS) is 11.9. The van der Waals surface area contributed by atoms with Crippen LogP contribution in [0.4, 0.5) is 5.69 Å². The Labute approximate surface area is 177 Å². The Bertz CT molecular complexity index is 814. The molecule has 2 N–H and O–H groups in total. The van der Waals surface area contributed by atoms with E-state index in [-0.39, 0.29) is 6.04 Å². The summed E-state index contributed by atoms with van der Waals surface area (Å²) in [6.07, 6.45) is 0.661. The van der Waals surface area contributed by atoms with Gasteiger partial charge in [-0.15, -0.1) is 0 Å². The lowest BCUT2D eigenvalue weighted by molar-refractivity contribution is -0.136. The summed E-state index contributed by atoms with van der Waals surface area (Å²) >= 11 is 6.14. The highest BCUT2D eigenvalue weighted by Crippen LogP contribution is 2.23. The van der Waals surface area contributed by atoms with Crippen molar-refractivity contribution in [1.82, 2.24) is 10.2 Å². The number of nitrogens with zero attached hydrogens (tertiary/aromatic N) is 1. The number of aryl methyl sites for hydroxylation is 1. The van der Waals surface area contributed by atoms with Gasteiger partial charge in [0.2, 0.25) is 0 Å². The lowest BCUT2D eigenvalue weighted by Gasteiger charge is -2.23. The lowest BCUT2D eigenvalue weighted by atomic mass is 10.0. The van der Waals surface area contributed by atoms with Gasteiger partial charge in [0.1, 0.15) is 0 Å². The van der Waals surface area contributed by atoms with Crippen molar-refractivity contribution in [2.24, 2.45) is 0 Å². The first kappa shape index (κ1) is 22.9. The summed E-state index contributed by atoms with van der Waals surface area (Å²) in [4.78, 5) is 27.0. The van der Waals surface area contributed by atoms with Crippen LogP contribution in [0, 0.1) is 6.92 Å². The summed E-state index contributed by atoms with van der Waals surface area (Å²) in [5.74, 6) is -1.44. The number of carbonyl (C=O) groups excluding carboxylic acids is 2. The van der Waals surface area contributed by atoms with Crippen molar-refractivity contribution in [3.8, 4) is 0 Å². The van der Waals surface area contributed by atoms with Crippen LogP contribution < -0.4 is 10.6 Å². The van der Waals surface area contributed by atoms with E-state index in [0.717, 1.165) is 24.2 Å². The fraction of sp³-hybridized carbons (Fsp3) is 0.364. The largest absolute Gasteiger partial charge is 0.383 e. The monoisotopic (exact) mass is 417 g/mol. The third-order valence-corrected chi connectivity index (χ3v) is 4.88. The minimum Gasteiger partial charge on any atom is -0.383 e. The zero-order valence-electron chi connectivity index (χ0n) is 17.1. The molecule has 0 saturated heterocycles. The quantitative estimate of drug-likeness (QED) is 0.613. The number of rotatable bonds is 9. The third kappa shape index (κ3) is 7.49. The molecule has 2 rings (SSSR count). The molecule has 0 aliphatic heterocycles. The minimum atomic E-state index is -0.746. The molecular formula is C22H28ClN3O3. The average molecular weight is 418 g/mol. The summed E-state index contributed by atoms with van der Waals surface area (Å²) in [6.45, 7) is 4.07. The number of ether oxygens (including phenoxy) is 1. The number of nitrogens with one attached hydrogen (secondary N) is 2. The van der Waals surface area contributed by atoms with Gasteiger partial charge in [0.25, 0.3) is 0 Å². The van der Waals surface area contributed by atoms with Crippen LogP contribution in [0.3, 0.4) is 0 Å². The van der Waals surface area contributed by atoms with Gasteiger partial charge >= 0.3 is 11.8 Å². The predicted octanol–water partition coefficient (Wildman–Crippen LogP) is 3.41. The molecule has 7 heteroatoms. The molecule has 0 saturated carbocycles. The van der Waals surface area contributed by atoms with E-state index in [0.29, 0.717) is 23.7 Å². The van der Waals surface area contributed by atoms with Gasteiger partial charge in [0, 0.05) is 20.2 Å². The topological polar surface area (TPSA) is 70.7 Å². The highest BCUT2D eigenvalue weighted by Gasteiger charge is 2.21. The zero-order valence-corrected chi connectivity index (χ0v) is 17.8. The molecule has 2 aromatic carbocycles. The second-order valence-electron chi connectivity index (χ2n) is 6.96. The van der Waals surface area contributed by atoms with Gasteiger partial charge < -0.3 is 20.3 Å². The van der Waals surface area contributed by atoms with E-state index < -0.39 is 11.8 Å². The van der Waals surface area contributed by atoms with Crippen molar-refractivity contribution < 1.29 is 14.3 Å². The van der Waals surface area contributed by atoms with Crippen molar-refractivity contribution in [3.05, 3.63) is 64.7 Å². The fourth-order valence-electron chi connectivity index (χ4n) is 2.84.